The summed E-state index contributed by atoms with van der Waals surface area (Å²) in [6, 6.07) is 24.2. The van der Waals surface area contributed by atoms with E-state index in [1.807, 2.05) is 24.3 Å². The maximum absolute atomic E-state index is 13.8. The third kappa shape index (κ3) is 7.15. The van der Waals surface area contributed by atoms with Crippen LogP contribution in [0.1, 0.15) is 47.2 Å². The largest absolute Gasteiger partial charge is 0.493 e. The number of carbonyl (C=O) groups excluding carboxylic acids is 2. The van der Waals surface area contributed by atoms with Crippen molar-refractivity contribution < 1.29 is 34.2 Å². The molecule has 0 aliphatic heterocycles. The maximum atomic E-state index is 13.8. The van der Waals surface area contributed by atoms with E-state index in [9.17, 15) is 19.8 Å². The van der Waals surface area contributed by atoms with E-state index in [0.717, 1.165) is 16.0 Å². The number of hydroxylamine groups is 1. The van der Waals surface area contributed by atoms with Gasteiger partial charge >= 0.3 is 0 Å². The Morgan fingerprint density at radius 2 is 1.57 bits per heavy atom. The van der Waals surface area contributed by atoms with Crippen LogP contribution in [0, 0.1) is 0 Å². The number of amides is 2. The topological polar surface area (TPSA) is 132 Å². The van der Waals surface area contributed by atoms with Gasteiger partial charge in [-0.15, -0.1) is 0 Å². The molecule has 0 aliphatic carbocycles. The molecule has 4 rings (SSSR count). The molecular weight excluding hydrogens is 512 g/mol. The molecule has 9 nitrogen and oxygen atoms in total. The first-order chi connectivity index (χ1) is 19.4. The van der Waals surface area contributed by atoms with Crippen LogP contribution in [-0.2, 0) is 17.3 Å². The number of aliphatic hydroxyl groups is 2. The third-order valence-electron chi connectivity index (χ3n) is 6.47. The Morgan fingerprint density at radius 1 is 0.850 bits per heavy atom. The average Bonchev–Trinajstić information content (AvgIpc) is 3.53. The number of hydrogen-bond donors (Lipinski definition) is 4. The van der Waals surface area contributed by atoms with Crippen molar-refractivity contribution >= 4 is 11.8 Å². The molecule has 4 aromatic rings. The minimum absolute atomic E-state index is 0.0222. The van der Waals surface area contributed by atoms with Crippen LogP contribution in [0.5, 0.6) is 5.75 Å². The molecule has 0 atom stereocenters. The summed E-state index contributed by atoms with van der Waals surface area (Å²) in [4.78, 5) is 26.0. The van der Waals surface area contributed by atoms with Crippen LogP contribution in [-0.4, -0.2) is 38.7 Å². The van der Waals surface area contributed by atoms with Crippen LogP contribution in [0.15, 0.2) is 102 Å². The predicted molar refractivity (Wildman–Crippen MR) is 147 cm³/mol. The zero-order valence-electron chi connectivity index (χ0n) is 21.9. The summed E-state index contributed by atoms with van der Waals surface area (Å²) in [7, 11) is 0. The molecule has 0 saturated carbocycles. The summed E-state index contributed by atoms with van der Waals surface area (Å²) in [6.45, 7) is 0.188. The van der Waals surface area contributed by atoms with Crippen LogP contribution in [0.25, 0.3) is 11.1 Å². The van der Waals surface area contributed by atoms with E-state index < -0.39 is 17.7 Å². The lowest BCUT2D eigenvalue weighted by Gasteiger charge is -2.36. The van der Waals surface area contributed by atoms with Crippen molar-refractivity contribution in [3.63, 3.8) is 0 Å². The van der Waals surface area contributed by atoms with Gasteiger partial charge in [0.25, 0.3) is 11.8 Å². The molecule has 0 aliphatic rings. The minimum Gasteiger partial charge on any atom is -0.493 e. The highest BCUT2D eigenvalue weighted by molar-refractivity contribution is 5.95. The van der Waals surface area contributed by atoms with Gasteiger partial charge in [-0.2, -0.15) is 0 Å². The van der Waals surface area contributed by atoms with Crippen molar-refractivity contribution in [2.45, 2.75) is 38.1 Å². The Labute approximate surface area is 232 Å². The quantitative estimate of drug-likeness (QED) is 0.0820. The Kier molecular flexibility index (Phi) is 9.69. The second-order valence-corrected chi connectivity index (χ2v) is 9.29. The Morgan fingerprint density at radius 3 is 2.27 bits per heavy atom. The van der Waals surface area contributed by atoms with E-state index in [0.29, 0.717) is 24.8 Å². The van der Waals surface area contributed by atoms with Gasteiger partial charge in [-0.05, 0) is 60.7 Å². The second-order valence-electron chi connectivity index (χ2n) is 9.29. The Bertz CT molecular complexity index is 1370. The highest BCUT2D eigenvalue weighted by Gasteiger charge is 2.40. The first kappa shape index (κ1) is 28.6. The molecule has 1 aromatic heterocycles. The zero-order chi connectivity index (χ0) is 28.4. The molecule has 208 valence electrons. The predicted octanol–water partition coefficient (Wildman–Crippen LogP) is 4.83. The van der Waals surface area contributed by atoms with Crippen molar-refractivity contribution in [1.29, 1.82) is 0 Å². The zero-order valence-corrected chi connectivity index (χ0v) is 21.9. The van der Waals surface area contributed by atoms with Crippen molar-refractivity contribution in [3.05, 3.63) is 114 Å². The first-order valence-corrected chi connectivity index (χ1v) is 13.0. The Hall–Kier alpha value is -4.44. The van der Waals surface area contributed by atoms with Gasteiger partial charge in [0.1, 0.15) is 5.75 Å². The van der Waals surface area contributed by atoms with Crippen molar-refractivity contribution in [2.75, 3.05) is 6.61 Å². The van der Waals surface area contributed by atoms with Crippen LogP contribution in [0.2, 0.25) is 0 Å². The van der Waals surface area contributed by atoms with Crippen LogP contribution < -0.4 is 10.2 Å². The first-order valence-electron chi connectivity index (χ1n) is 13.0. The molecule has 0 saturated heterocycles. The van der Waals surface area contributed by atoms with Gasteiger partial charge in [0.2, 0.25) is 5.91 Å². The van der Waals surface area contributed by atoms with Crippen molar-refractivity contribution in [2.24, 2.45) is 0 Å². The molecule has 0 fully saturated rings. The molecule has 2 amide bonds. The van der Waals surface area contributed by atoms with E-state index in [1.54, 1.807) is 72.6 Å². The fourth-order valence-corrected chi connectivity index (χ4v) is 4.30. The summed E-state index contributed by atoms with van der Waals surface area (Å²) in [6.07, 6.45) is 5.22. The third-order valence-corrected chi connectivity index (χ3v) is 6.47. The summed E-state index contributed by atoms with van der Waals surface area (Å²) in [5.74, 6) is -3.51. The lowest BCUT2D eigenvalue weighted by Crippen LogP contribution is -2.49. The van der Waals surface area contributed by atoms with Gasteiger partial charge in [-0.25, -0.2) is 5.48 Å². The SMILES string of the molecule is O=C(CCCCCOc1ccccc1C(O)(O)N(Cc1ccccc1)C(=O)c1ccc(-c2ccoc2)cc1)NO. The highest BCUT2D eigenvalue weighted by Crippen LogP contribution is 2.34. The molecule has 3 aromatic carbocycles. The highest BCUT2D eigenvalue weighted by atomic mass is 16.5. The van der Waals surface area contributed by atoms with Crippen molar-refractivity contribution in [1.82, 2.24) is 10.4 Å². The molecular formula is C31H32N2O7. The van der Waals surface area contributed by atoms with Crippen LogP contribution >= 0.6 is 0 Å². The number of unbranched alkanes of at least 4 members (excludes halogenated alkanes) is 2. The van der Waals surface area contributed by atoms with Gasteiger partial charge in [0.15, 0.2) is 0 Å². The average molecular weight is 545 g/mol. The van der Waals surface area contributed by atoms with E-state index in [4.69, 9.17) is 14.4 Å². The van der Waals surface area contributed by atoms with E-state index >= 15 is 0 Å². The molecule has 40 heavy (non-hydrogen) atoms. The number of rotatable bonds is 13. The summed E-state index contributed by atoms with van der Waals surface area (Å²) in [5, 5.41) is 31.7. The van der Waals surface area contributed by atoms with Gasteiger partial charge in [-0.1, -0.05) is 54.6 Å². The fraction of sp³-hybridized carbons (Fsp3) is 0.226. The van der Waals surface area contributed by atoms with Crippen LogP contribution in [0.4, 0.5) is 0 Å². The van der Waals surface area contributed by atoms with Gasteiger partial charge in [-0.3, -0.25) is 19.7 Å². The van der Waals surface area contributed by atoms with Gasteiger partial charge in [0, 0.05) is 17.5 Å². The van der Waals surface area contributed by atoms with E-state index in [-0.39, 0.29) is 36.4 Å². The van der Waals surface area contributed by atoms with Gasteiger partial charge in [0.05, 0.1) is 31.2 Å². The number of benzene rings is 3. The molecule has 1 heterocycles. The molecule has 0 spiro atoms. The van der Waals surface area contributed by atoms with Crippen molar-refractivity contribution in [3.8, 4) is 16.9 Å². The number of nitrogens with zero attached hydrogens (tertiary/aromatic N) is 1. The maximum Gasteiger partial charge on any atom is 0.281 e. The minimum atomic E-state index is -2.70. The molecule has 9 heteroatoms. The fourth-order valence-electron chi connectivity index (χ4n) is 4.30. The number of ether oxygens (including phenoxy) is 1. The molecule has 0 bridgehead atoms. The number of para-hydroxylation sites is 1. The molecule has 4 N–H and O–H groups in total. The molecule has 0 radical (unpaired) electrons. The smallest absolute Gasteiger partial charge is 0.281 e. The number of carbonyl (C=O) groups is 2. The van der Waals surface area contributed by atoms with Crippen LogP contribution in [0.3, 0.4) is 0 Å². The summed E-state index contributed by atoms with van der Waals surface area (Å²) >= 11 is 0. The van der Waals surface area contributed by atoms with Gasteiger partial charge < -0.3 is 19.4 Å². The number of hydrogen-bond acceptors (Lipinski definition) is 7. The summed E-state index contributed by atoms with van der Waals surface area (Å²) < 4.78 is 11.0. The standard InChI is InChI=1S/C31H32N2O7/c34-29(32-38)13-5-2-8-19-40-28-12-7-6-11-27(28)31(36,37)33(21-23-9-3-1-4-10-23)30(35)25-16-14-24(15-17-25)26-18-20-39-22-26/h1,3-4,6-7,9-12,14-18,20,22,36-38H,2,5,8,13,19,21H2,(H,32,34). The molecule has 0 unspecified atom stereocenters. The van der Waals surface area contributed by atoms with E-state index in [1.165, 1.54) is 6.07 Å². The Balaban J connectivity index is 1.56. The monoisotopic (exact) mass is 544 g/mol. The second kappa shape index (κ2) is 13.6. The van der Waals surface area contributed by atoms with E-state index in [2.05, 4.69) is 0 Å². The normalized spacial score (nSPS) is 11.2. The summed E-state index contributed by atoms with van der Waals surface area (Å²) in [5.41, 5.74) is 4.33. The lowest BCUT2D eigenvalue weighted by molar-refractivity contribution is -0.259. The number of nitrogens with one attached hydrogen (secondary N) is 1. The lowest BCUT2D eigenvalue weighted by atomic mass is 10.0. The number of furan rings is 1.